The summed E-state index contributed by atoms with van der Waals surface area (Å²) in [4.78, 5) is 22.7. The number of aromatic amines is 1. The molecule has 106 valence electrons. The molecule has 0 atom stereocenters. The summed E-state index contributed by atoms with van der Waals surface area (Å²) in [6.07, 6.45) is 0.0865. The Kier molecular flexibility index (Phi) is 4.60. The van der Waals surface area contributed by atoms with Crippen LogP contribution in [0.15, 0.2) is 41.2 Å². The zero-order chi connectivity index (χ0) is 14.4. The number of ether oxygens (including phenoxy) is 1. The van der Waals surface area contributed by atoms with Crippen LogP contribution in [0.5, 0.6) is 0 Å². The van der Waals surface area contributed by atoms with Gasteiger partial charge in [-0.2, -0.15) is 0 Å². The van der Waals surface area contributed by atoms with Gasteiger partial charge in [-0.05, 0) is 5.56 Å². The smallest absolute Gasteiger partial charge is 0.407 e. The lowest BCUT2D eigenvalue weighted by Crippen LogP contribution is -2.26. The van der Waals surface area contributed by atoms with E-state index in [1.54, 1.807) is 7.05 Å². The Bertz CT molecular complexity index is 616. The molecule has 1 heterocycles. The first-order chi connectivity index (χ1) is 9.65. The number of nitrogens with one attached hydrogen (secondary N) is 2. The highest BCUT2D eigenvalue weighted by atomic mass is 16.5. The van der Waals surface area contributed by atoms with E-state index in [-0.39, 0.29) is 12.2 Å². The Hall–Kier alpha value is -2.50. The fourth-order valence-corrected chi connectivity index (χ4v) is 1.75. The van der Waals surface area contributed by atoms with Crippen molar-refractivity contribution in [1.29, 1.82) is 0 Å². The standard InChI is InChI=1S/C14H17N3O3/c1-17-13(18)9-12(16-17)7-8-15-14(19)20-10-11-5-3-2-4-6-11/h2-6,9,16H,7-8,10H2,1H3,(H,15,19). The van der Waals surface area contributed by atoms with Crippen LogP contribution in [0.1, 0.15) is 11.3 Å². The van der Waals surface area contributed by atoms with Crippen molar-refractivity contribution in [2.75, 3.05) is 6.54 Å². The van der Waals surface area contributed by atoms with Crippen LogP contribution in [0, 0.1) is 0 Å². The van der Waals surface area contributed by atoms with Crippen molar-refractivity contribution in [1.82, 2.24) is 15.1 Å². The number of rotatable bonds is 5. The fourth-order valence-electron chi connectivity index (χ4n) is 1.75. The highest BCUT2D eigenvalue weighted by Gasteiger charge is 2.03. The van der Waals surface area contributed by atoms with Crippen molar-refractivity contribution in [2.24, 2.45) is 7.05 Å². The Balaban J connectivity index is 1.69. The van der Waals surface area contributed by atoms with E-state index in [9.17, 15) is 9.59 Å². The van der Waals surface area contributed by atoms with Crippen molar-refractivity contribution >= 4 is 6.09 Å². The number of aryl methyl sites for hydroxylation is 1. The maximum atomic E-state index is 11.5. The van der Waals surface area contributed by atoms with E-state index in [2.05, 4.69) is 10.4 Å². The number of nitrogens with zero attached hydrogens (tertiary/aromatic N) is 1. The molecule has 2 aromatic rings. The normalized spacial score (nSPS) is 10.2. The third kappa shape index (κ3) is 4.01. The van der Waals surface area contributed by atoms with Crippen LogP contribution in [-0.2, 0) is 24.8 Å². The van der Waals surface area contributed by atoms with Crippen molar-refractivity contribution in [2.45, 2.75) is 13.0 Å². The number of benzene rings is 1. The van der Waals surface area contributed by atoms with Gasteiger partial charge < -0.3 is 10.1 Å². The van der Waals surface area contributed by atoms with Crippen molar-refractivity contribution < 1.29 is 9.53 Å². The molecule has 6 heteroatoms. The number of alkyl carbamates (subject to hydrolysis) is 1. The second-order valence-electron chi connectivity index (χ2n) is 4.42. The molecule has 0 unspecified atom stereocenters. The summed E-state index contributed by atoms with van der Waals surface area (Å²) in [6.45, 7) is 0.655. The first-order valence-corrected chi connectivity index (χ1v) is 6.34. The number of amides is 1. The second kappa shape index (κ2) is 6.60. The van der Waals surface area contributed by atoms with Crippen molar-refractivity contribution in [3.05, 3.63) is 58.0 Å². The third-order valence-electron chi connectivity index (χ3n) is 2.82. The molecule has 0 aliphatic carbocycles. The predicted octanol–water partition coefficient (Wildman–Crippen LogP) is 1.18. The minimum atomic E-state index is -0.466. The molecule has 0 aliphatic heterocycles. The highest BCUT2D eigenvalue weighted by Crippen LogP contribution is 2.00. The topological polar surface area (TPSA) is 76.1 Å². The van der Waals surface area contributed by atoms with Crippen LogP contribution in [0.4, 0.5) is 4.79 Å². The number of hydrogen-bond acceptors (Lipinski definition) is 3. The molecule has 2 rings (SSSR count). The molecular formula is C14H17N3O3. The lowest BCUT2D eigenvalue weighted by atomic mass is 10.2. The second-order valence-corrected chi connectivity index (χ2v) is 4.42. The molecule has 0 radical (unpaired) electrons. The van der Waals surface area contributed by atoms with E-state index in [1.807, 2.05) is 30.3 Å². The van der Waals surface area contributed by atoms with Gasteiger partial charge >= 0.3 is 6.09 Å². The first kappa shape index (κ1) is 13.9. The molecule has 0 saturated heterocycles. The number of carbonyl (C=O) groups is 1. The van der Waals surface area contributed by atoms with Crippen LogP contribution < -0.4 is 10.9 Å². The zero-order valence-corrected chi connectivity index (χ0v) is 11.3. The predicted molar refractivity (Wildman–Crippen MR) is 74.4 cm³/mol. The Morgan fingerprint density at radius 2 is 2.10 bits per heavy atom. The van der Waals surface area contributed by atoms with Crippen LogP contribution in [0.3, 0.4) is 0 Å². The van der Waals surface area contributed by atoms with Crippen LogP contribution in [0.25, 0.3) is 0 Å². The third-order valence-corrected chi connectivity index (χ3v) is 2.82. The van der Waals surface area contributed by atoms with E-state index in [0.717, 1.165) is 11.3 Å². The molecule has 0 aliphatic rings. The van der Waals surface area contributed by atoms with E-state index in [4.69, 9.17) is 4.74 Å². The van der Waals surface area contributed by atoms with E-state index in [1.165, 1.54) is 10.7 Å². The van der Waals surface area contributed by atoms with Crippen LogP contribution >= 0.6 is 0 Å². The van der Waals surface area contributed by atoms with E-state index >= 15 is 0 Å². The molecule has 0 saturated carbocycles. The highest BCUT2D eigenvalue weighted by molar-refractivity contribution is 5.67. The minimum Gasteiger partial charge on any atom is -0.445 e. The van der Waals surface area contributed by atoms with Gasteiger partial charge in [0.05, 0.1) is 0 Å². The maximum Gasteiger partial charge on any atom is 0.407 e. The molecule has 20 heavy (non-hydrogen) atoms. The summed E-state index contributed by atoms with van der Waals surface area (Å²) in [5, 5.41) is 5.53. The van der Waals surface area contributed by atoms with Crippen molar-refractivity contribution in [3.63, 3.8) is 0 Å². The van der Waals surface area contributed by atoms with Crippen LogP contribution in [-0.4, -0.2) is 22.4 Å². The quantitative estimate of drug-likeness (QED) is 0.860. The summed E-state index contributed by atoms with van der Waals surface area (Å²) in [5.74, 6) is 0. The molecular weight excluding hydrogens is 258 g/mol. The molecule has 1 aromatic heterocycles. The molecule has 0 bridgehead atoms. The minimum absolute atomic E-state index is 0.0911. The summed E-state index contributed by atoms with van der Waals surface area (Å²) < 4.78 is 6.46. The van der Waals surface area contributed by atoms with Crippen molar-refractivity contribution in [3.8, 4) is 0 Å². The lowest BCUT2D eigenvalue weighted by molar-refractivity contribution is 0.140. The van der Waals surface area contributed by atoms with Gasteiger partial charge in [-0.3, -0.25) is 14.6 Å². The SMILES string of the molecule is Cn1[nH]c(CCNC(=O)OCc2ccccc2)cc1=O. The zero-order valence-electron chi connectivity index (χ0n) is 11.3. The maximum absolute atomic E-state index is 11.5. The first-order valence-electron chi connectivity index (χ1n) is 6.34. The molecule has 2 N–H and O–H groups in total. The molecule has 6 nitrogen and oxygen atoms in total. The Morgan fingerprint density at radius 3 is 2.75 bits per heavy atom. The fraction of sp³-hybridized carbons (Fsp3) is 0.286. The van der Waals surface area contributed by atoms with Gasteiger partial charge in [-0.15, -0.1) is 0 Å². The van der Waals surface area contributed by atoms with Gasteiger partial charge in [0.25, 0.3) is 5.56 Å². The number of aromatic nitrogens is 2. The molecule has 0 spiro atoms. The molecule has 1 amide bonds. The van der Waals surface area contributed by atoms with Gasteiger partial charge in [-0.25, -0.2) is 4.79 Å². The summed E-state index contributed by atoms with van der Waals surface area (Å²) in [5.41, 5.74) is 1.63. The monoisotopic (exact) mass is 275 g/mol. The van der Waals surface area contributed by atoms with Gasteiger partial charge in [-0.1, -0.05) is 30.3 Å². The Labute approximate surface area is 116 Å². The lowest BCUT2D eigenvalue weighted by Gasteiger charge is -2.06. The summed E-state index contributed by atoms with van der Waals surface area (Å²) in [7, 11) is 1.65. The molecule has 1 aromatic carbocycles. The molecule has 0 fully saturated rings. The number of hydrogen-bond donors (Lipinski definition) is 2. The average molecular weight is 275 g/mol. The van der Waals surface area contributed by atoms with E-state index < -0.39 is 6.09 Å². The largest absolute Gasteiger partial charge is 0.445 e. The van der Waals surface area contributed by atoms with Gasteiger partial charge in [0, 0.05) is 31.8 Å². The summed E-state index contributed by atoms with van der Waals surface area (Å²) in [6, 6.07) is 11.0. The Morgan fingerprint density at radius 1 is 1.35 bits per heavy atom. The van der Waals surface area contributed by atoms with Gasteiger partial charge in [0.2, 0.25) is 0 Å². The van der Waals surface area contributed by atoms with Gasteiger partial charge in [0.1, 0.15) is 6.61 Å². The summed E-state index contributed by atoms with van der Waals surface area (Å²) >= 11 is 0. The van der Waals surface area contributed by atoms with E-state index in [0.29, 0.717) is 13.0 Å². The number of carbonyl (C=O) groups excluding carboxylic acids is 1. The van der Waals surface area contributed by atoms with Crippen LogP contribution in [0.2, 0.25) is 0 Å². The number of H-pyrrole nitrogens is 1. The van der Waals surface area contributed by atoms with Gasteiger partial charge in [0.15, 0.2) is 0 Å². The average Bonchev–Trinajstić information content (AvgIpc) is 2.76.